The summed E-state index contributed by atoms with van der Waals surface area (Å²) in [5, 5.41) is 0. The molecule has 0 saturated carbocycles. The van der Waals surface area contributed by atoms with Crippen LogP contribution in [0, 0.1) is 6.92 Å². The quantitative estimate of drug-likeness (QED) is 0.739. The highest BCUT2D eigenvalue weighted by molar-refractivity contribution is 6.18. The van der Waals surface area contributed by atoms with E-state index < -0.39 is 0 Å². The molecule has 1 heterocycles. The van der Waals surface area contributed by atoms with Crippen molar-refractivity contribution in [2.45, 2.75) is 19.9 Å². The predicted octanol–water partition coefficient (Wildman–Crippen LogP) is 1.86. The van der Waals surface area contributed by atoms with Crippen molar-refractivity contribution in [3.8, 4) is 5.88 Å². The summed E-state index contributed by atoms with van der Waals surface area (Å²) in [6, 6.07) is 0.227. The van der Waals surface area contributed by atoms with Crippen LogP contribution in [0.15, 0.2) is 6.33 Å². The Morgan fingerprint density at radius 3 is 2.73 bits per heavy atom. The first kappa shape index (κ1) is 12.0. The molecule has 1 rings (SSSR count). The number of aromatic nitrogens is 2. The van der Waals surface area contributed by atoms with Gasteiger partial charge in [-0.15, -0.1) is 11.6 Å². The zero-order valence-electron chi connectivity index (χ0n) is 9.49. The number of rotatable bonds is 4. The van der Waals surface area contributed by atoms with Crippen LogP contribution in [-0.4, -0.2) is 36.0 Å². The van der Waals surface area contributed by atoms with Crippen LogP contribution in [0.3, 0.4) is 0 Å². The van der Waals surface area contributed by atoms with Crippen LogP contribution in [0.4, 0.5) is 5.82 Å². The van der Waals surface area contributed by atoms with Gasteiger partial charge in [0.05, 0.1) is 12.7 Å². The van der Waals surface area contributed by atoms with Gasteiger partial charge in [0, 0.05) is 19.0 Å². The van der Waals surface area contributed by atoms with Gasteiger partial charge in [-0.2, -0.15) is 0 Å². The van der Waals surface area contributed by atoms with E-state index in [1.54, 1.807) is 7.11 Å². The zero-order valence-corrected chi connectivity index (χ0v) is 10.2. The van der Waals surface area contributed by atoms with E-state index in [1.165, 1.54) is 6.33 Å². The van der Waals surface area contributed by atoms with E-state index in [1.807, 2.05) is 25.8 Å². The largest absolute Gasteiger partial charge is 0.481 e. The van der Waals surface area contributed by atoms with Crippen molar-refractivity contribution in [2.24, 2.45) is 0 Å². The molecule has 0 saturated heterocycles. The topological polar surface area (TPSA) is 38.3 Å². The number of ether oxygens (including phenoxy) is 1. The van der Waals surface area contributed by atoms with Gasteiger partial charge in [-0.25, -0.2) is 9.97 Å². The molecule has 84 valence electrons. The van der Waals surface area contributed by atoms with Crippen LogP contribution in [0.1, 0.15) is 12.5 Å². The minimum Gasteiger partial charge on any atom is -0.481 e. The normalized spacial score (nSPS) is 12.3. The fourth-order valence-corrected chi connectivity index (χ4v) is 1.51. The number of methoxy groups -OCH3 is 1. The van der Waals surface area contributed by atoms with E-state index in [2.05, 4.69) is 9.97 Å². The van der Waals surface area contributed by atoms with Crippen LogP contribution >= 0.6 is 11.6 Å². The van der Waals surface area contributed by atoms with Crippen LogP contribution in [0.2, 0.25) is 0 Å². The second-order valence-electron chi connectivity index (χ2n) is 3.45. The van der Waals surface area contributed by atoms with Crippen LogP contribution in [0.25, 0.3) is 0 Å². The molecule has 0 spiro atoms. The lowest BCUT2D eigenvalue weighted by Crippen LogP contribution is -2.31. The molecule has 0 aromatic carbocycles. The lowest BCUT2D eigenvalue weighted by molar-refractivity contribution is 0.393. The molecule has 15 heavy (non-hydrogen) atoms. The van der Waals surface area contributed by atoms with E-state index in [4.69, 9.17) is 16.3 Å². The smallest absolute Gasteiger partial charge is 0.221 e. The predicted molar refractivity (Wildman–Crippen MR) is 61.9 cm³/mol. The fraction of sp³-hybridized carbons (Fsp3) is 0.600. The second-order valence-corrected chi connectivity index (χ2v) is 3.75. The van der Waals surface area contributed by atoms with E-state index in [9.17, 15) is 0 Å². The number of alkyl halides is 1. The van der Waals surface area contributed by atoms with Gasteiger partial charge in [-0.1, -0.05) is 0 Å². The highest BCUT2D eigenvalue weighted by Gasteiger charge is 2.15. The third kappa shape index (κ3) is 2.50. The minimum atomic E-state index is 0.227. The first-order chi connectivity index (χ1) is 7.11. The van der Waals surface area contributed by atoms with Gasteiger partial charge in [-0.05, 0) is 13.8 Å². The van der Waals surface area contributed by atoms with Crippen molar-refractivity contribution in [1.82, 2.24) is 9.97 Å². The second kappa shape index (κ2) is 5.16. The molecule has 0 fully saturated rings. The summed E-state index contributed by atoms with van der Waals surface area (Å²) >= 11 is 5.81. The van der Waals surface area contributed by atoms with Gasteiger partial charge < -0.3 is 9.64 Å². The molecule has 4 nitrogen and oxygen atoms in total. The van der Waals surface area contributed by atoms with E-state index in [0.29, 0.717) is 11.8 Å². The van der Waals surface area contributed by atoms with Gasteiger partial charge in [0.1, 0.15) is 12.1 Å². The molecule has 0 aliphatic carbocycles. The van der Waals surface area contributed by atoms with Crippen LogP contribution < -0.4 is 9.64 Å². The van der Waals surface area contributed by atoms with Crippen molar-refractivity contribution in [1.29, 1.82) is 0 Å². The average Bonchev–Trinajstić information content (AvgIpc) is 2.27. The molecule has 5 heteroatoms. The molecule has 1 atom stereocenters. The maximum atomic E-state index is 5.81. The molecule has 1 aromatic heterocycles. The van der Waals surface area contributed by atoms with Gasteiger partial charge in [-0.3, -0.25) is 0 Å². The Kier molecular flexibility index (Phi) is 4.15. The summed E-state index contributed by atoms with van der Waals surface area (Å²) in [5.41, 5.74) is 0.930. The monoisotopic (exact) mass is 229 g/mol. The van der Waals surface area contributed by atoms with Crippen molar-refractivity contribution in [3.05, 3.63) is 11.9 Å². The Labute approximate surface area is 95.2 Å². The molecular weight excluding hydrogens is 214 g/mol. The van der Waals surface area contributed by atoms with Crippen LogP contribution in [-0.2, 0) is 0 Å². The zero-order chi connectivity index (χ0) is 11.4. The highest BCUT2D eigenvalue weighted by Crippen LogP contribution is 2.23. The van der Waals surface area contributed by atoms with Gasteiger partial charge >= 0.3 is 0 Å². The minimum absolute atomic E-state index is 0.227. The van der Waals surface area contributed by atoms with Crippen molar-refractivity contribution >= 4 is 17.4 Å². The molecule has 0 radical (unpaired) electrons. The van der Waals surface area contributed by atoms with Crippen molar-refractivity contribution in [2.75, 3.05) is 24.9 Å². The molecular formula is C10H16ClN3O. The molecule has 0 amide bonds. The van der Waals surface area contributed by atoms with Crippen LogP contribution in [0.5, 0.6) is 5.88 Å². The summed E-state index contributed by atoms with van der Waals surface area (Å²) in [6.07, 6.45) is 1.50. The maximum absolute atomic E-state index is 5.81. The third-order valence-corrected chi connectivity index (χ3v) is 2.87. The average molecular weight is 230 g/mol. The summed E-state index contributed by atoms with van der Waals surface area (Å²) in [5.74, 6) is 2.02. The number of hydrogen-bond acceptors (Lipinski definition) is 4. The van der Waals surface area contributed by atoms with Crippen molar-refractivity contribution in [3.63, 3.8) is 0 Å². The summed E-state index contributed by atoms with van der Waals surface area (Å²) in [6.45, 7) is 3.98. The highest BCUT2D eigenvalue weighted by atomic mass is 35.5. The SMILES string of the molecule is COc1ncnc(N(C)C(C)CCl)c1C. The Morgan fingerprint density at radius 1 is 1.53 bits per heavy atom. The Morgan fingerprint density at radius 2 is 2.20 bits per heavy atom. The van der Waals surface area contributed by atoms with E-state index in [-0.39, 0.29) is 6.04 Å². The molecule has 0 N–H and O–H groups in total. The van der Waals surface area contributed by atoms with Gasteiger partial charge in [0.2, 0.25) is 5.88 Å². The first-order valence-electron chi connectivity index (χ1n) is 4.76. The Hall–Kier alpha value is -1.03. The number of halogens is 1. The van der Waals surface area contributed by atoms with E-state index in [0.717, 1.165) is 11.4 Å². The molecule has 0 aliphatic heterocycles. The Bertz CT molecular complexity index is 332. The maximum Gasteiger partial charge on any atom is 0.221 e. The number of nitrogens with zero attached hydrogens (tertiary/aromatic N) is 3. The Balaban J connectivity index is 3.03. The summed E-state index contributed by atoms with van der Waals surface area (Å²) < 4.78 is 5.14. The van der Waals surface area contributed by atoms with Gasteiger partial charge in [0.15, 0.2) is 0 Å². The first-order valence-corrected chi connectivity index (χ1v) is 5.29. The van der Waals surface area contributed by atoms with Gasteiger partial charge in [0.25, 0.3) is 0 Å². The molecule has 0 bridgehead atoms. The van der Waals surface area contributed by atoms with E-state index >= 15 is 0 Å². The fourth-order valence-electron chi connectivity index (χ4n) is 1.30. The summed E-state index contributed by atoms with van der Waals surface area (Å²) in [7, 11) is 3.56. The standard InChI is InChI=1S/C10H16ClN3O/c1-7(5-11)14(3)9-8(2)10(15-4)13-6-12-9/h6-7H,5H2,1-4H3. The molecule has 0 aliphatic rings. The summed E-state index contributed by atoms with van der Waals surface area (Å²) in [4.78, 5) is 10.3. The lowest BCUT2D eigenvalue weighted by Gasteiger charge is -2.25. The van der Waals surface area contributed by atoms with Crippen molar-refractivity contribution < 1.29 is 4.74 Å². The molecule has 1 unspecified atom stereocenters. The number of hydrogen-bond donors (Lipinski definition) is 0. The third-order valence-electron chi connectivity index (χ3n) is 2.42. The molecule has 1 aromatic rings. The number of anilines is 1. The lowest BCUT2D eigenvalue weighted by atomic mass is 10.2.